The highest BCUT2D eigenvalue weighted by atomic mass is 16.5. The highest BCUT2D eigenvalue weighted by molar-refractivity contribution is 5.42. The molecular formula is C15H23N5O2. The lowest BCUT2D eigenvalue weighted by Crippen LogP contribution is -2.22. The summed E-state index contributed by atoms with van der Waals surface area (Å²) in [4.78, 5) is 19.6. The van der Waals surface area contributed by atoms with Crippen molar-refractivity contribution in [3.63, 3.8) is 0 Å². The maximum Gasteiger partial charge on any atom is 0.276 e. The van der Waals surface area contributed by atoms with Gasteiger partial charge < -0.3 is 15.0 Å². The second kappa shape index (κ2) is 6.18. The van der Waals surface area contributed by atoms with Gasteiger partial charge in [0, 0.05) is 32.1 Å². The number of hydrogen-bond donors (Lipinski definition) is 2. The van der Waals surface area contributed by atoms with Crippen LogP contribution < -0.4 is 10.9 Å². The largest absolute Gasteiger partial charge is 0.385 e. The van der Waals surface area contributed by atoms with Gasteiger partial charge >= 0.3 is 0 Å². The van der Waals surface area contributed by atoms with E-state index < -0.39 is 0 Å². The summed E-state index contributed by atoms with van der Waals surface area (Å²) in [5.74, 6) is 2.44. The fourth-order valence-corrected chi connectivity index (χ4v) is 3.04. The molecular weight excluding hydrogens is 282 g/mol. The molecule has 1 aliphatic rings. The third kappa shape index (κ3) is 2.66. The molecule has 0 bridgehead atoms. The Labute approximate surface area is 129 Å². The van der Waals surface area contributed by atoms with Crippen molar-refractivity contribution < 1.29 is 4.74 Å². The average Bonchev–Trinajstić information content (AvgIpc) is 3.11. The summed E-state index contributed by atoms with van der Waals surface area (Å²) in [6.07, 6.45) is 2.45. The number of nitrogens with one attached hydrogen (secondary N) is 2. The van der Waals surface area contributed by atoms with E-state index in [9.17, 15) is 4.79 Å². The lowest BCUT2D eigenvalue weighted by atomic mass is 9.97. The van der Waals surface area contributed by atoms with Crippen LogP contribution in [0.5, 0.6) is 0 Å². The van der Waals surface area contributed by atoms with Crippen molar-refractivity contribution in [2.45, 2.75) is 32.1 Å². The van der Waals surface area contributed by atoms with Crippen LogP contribution in [0.2, 0.25) is 0 Å². The van der Waals surface area contributed by atoms with Crippen molar-refractivity contribution in [2.24, 2.45) is 5.92 Å². The molecule has 0 radical (unpaired) electrons. The molecule has 0 aliphatic carbocycles. The van der Waals surface area contributed by atoms with Crippen molar-refractivity contribution in [1.82, 2.24) is 24.9 Å². The Morgan fingerprint density at radius 1 is 1.50 bits per heavy atom. The molecule has 7 nitrogen and oxygen atoms in total. The lowest BCUT2D eigenvalue weighted by molar-refractivity contribution is 0.188. The minimum Gasteiger partial charge on any atom is -0.385 e. The summed E-state index contributed by atoms with van der Waals surface area (Å²) in [7, 11) is 1.69. The van der Waals surface area contributed by atoms with Crippen molar-refractivity contribution >= 4 is 5.52 Å². The Balaban J connectivity index is 2.01. The Kier molecular flexibility index (Phi) is 4.26. The zero-order valence-corrected chi connectivity index (χ0v) is 13.3. The fraction of sp³-hybridized carbons (Fsp3) is 0.667. The number of imidazole rings is 1. The van der Waals surface area contributed by atoms with Crippen molar-refractivity contribution in [3.05, 3.63) is 28.2 Å². The number of nitrogens with zero attached hydrogens (tertiary/aromatic N) is 3. The van der Waals surface area contributed by atoms with E-state index >= 15 is 0 Å². The van der Waals surface area contributed by atoms with Gasteiger partial charge in [-0.25, -0.2) is 9.50 Å². The van der Waals surface area contributed by atoms with Gasteiger partial charge in [0.2, 0.25) is 0 Å². The Hall–Kier alpha value is -1.73. The van der Waals surface area contributed by atoms with Crippen LogP contribution in [0.4, 0.5) is 0 Å². The zero-order chi connectivity index (χ0) is 15.7. The van der Waals surface area contributed by atoms with Crippen LogP contribution >= 0.6 is 0 Å². The number of aromatic amines is 1. The van der Waals surface area contributed by atoms with Crippen LogP contribution in [0.15, 0.2) is 11.0 Å². The zero-order valence-electron chi connectivity index (χ0n) is 13.3. The molecule has 0 amide bonds. The van der Waals surface area contributed by atoms with Crippen LogP contribution in [-0.2, 0) is 4.74 Å². The predicted octanol–water partition coefficient (Wildman–Crippen LogP) is 0.880. The number of H-pyrrole nitrogens is 1. The van der Waals surface area contributed by atoms with Gasteiger partial charge in [0.1, 0.15) is 11.6 Å². The minimum absolute atomic E-state index is 0.123. The molecule has 3 atom stereocenters. The topological polar surface area (TPSA) is 84.3 Å². The molecule has 22 heavy (non-hydrogen) atoms. The first-order chi connectivity index (χ1) is 10.6. The molecule has 0 aromatic carbocycles. The van der Waals surface area contributed by atoms with Gasteiger partial charge in [-0.2, -0.15) is 5.10 Å². The summed E-state index contributed by atoms with van der Waals surface area (Å²) in [5.41, 5.74) is 0.378. The summed E-state index contributed by atoms with van der Waals surface area (Å²) in [6.45, 7) is 6.71. The SMILES string of the molecule is COCCC(C)c1ncc2c(=O)[nH]c(C3CNCC3C)nn12. The van der Waals surface area contributed by atoms with E-state index in [1.54, 1.807) is 17.8 Å². The Morgan fingerprint density at radius 3 is 3.00 bits per heavy atom. The monoisotopic (exact) mass is 305 g/mol. The molecule has 120 valence electrons. The number of rotatable bonds is 5. The minimum atomic E-state index is -0.123. The molecule has 1 aliphatic heterocycles. The second-order valence-electron chi connectivity index (χ2n) is 6.18. The first-order valence-corrected chi connectivity index (χ1v) is 7.79. The predicted molar refractivity (Wildman–Crippen MR) is 83.3 cm³/mol. The average molecular weight is 305 g/mol. The second-order valence-corrected chi connectivity index (χ2v) is 6.18. The van der Waals surface area contributed by atoms with Gasteiger partial charge in [-0.1, -0.05) is 13.8 Å². The van der Waals surface area contributed by atoms with Crippen LogP contribution in [0.25, 0.3) is 5.52 Å². The molecule has 1 fully saturated rings. The summed E-state index contributed by atoms with van der Waals surface area (Å²) in [5, 5.41) is 8.02. The van der Waals surface area contributed by atoms with Crippen molar-refractivity contribution in [1.29, 1.82) is 0 Å². The van der Waals surface area contributed by atoms with E-state index in [1.807, 2.05) is 0 Å². The molecule has 1 saturated heterocycles. The summed E-state index contributed by atoms with van der Waals surface area (Å²) < 4.78 is 6.84. The number of fused-ring (bicyclic) bond motifs is 1. The maximum atomic E-state index is 12.3. The number of aromatic nitrogens is 4. The van der Waals surface area contributed by atoms with E-state index in [4.69, 9.17) is 4.74 Å². The molecule has 3 rings (SSSR count). The molecule has 3 unspecified atom stereocenters. The third-order valence-corrected chi connectivity index (χ3v) is 4.51. The number of hydrogen-bond acceptors (Lipinski definition) is 5. The maximum absolute atomic E-state index is 12.3. The van der Waals surface area contributed by atoms with Crippen molar-refractivity contribution in [3.8, 4) is 0 Å². The first-order valence-electron chi connectivity index (χ1n) is 7.79. The van der Waals surface area contributed by atoms with Gasteiger partial charge in [-0.05, 0) is 18.9 Å². The van der Waals surface area contributed by atoms with Gasteiger partial charge in [0.25, 0.3) is 5.56 Å². The van der Waals surface area contributed by atoms with E-state index in [-0.39, 0.29) is 17.4 Å². The first kappa shape index (κ1) is 15.2. The van der Waals surface area contributed by atoms with E-state index in [1.165, 1.54) is 0 Å². The van der Waals surface area contributed by atoms with Crippen LogP contribution in [0, 0.1) is 5.92 Å². The molecule has 3 heterocycles. The smallest absolute Gasteiger partial charge is 0.276 e. The van der Waals surface area contributed by atoms with E-state index in [0.717, 1.165) is 31.2 Å². The Bertz CT molecular complexity index is 708. The van der Waals surface area contributed by atoms with E-state index in [0.29, 0.717) is 18.0 Å². The standard InChI is InChI=1S/C15H23N5O2/c1-9(4-5-22-3)14-17-8-12-15(21)18-13(19-20(12)14)11-7-16-6-10(11)2/h8-11,16H,4-7H2,1-3H3,(H,18,19,21). The molecule has 0 spiro atoms. The lowest BCUT2D eigenvalue weighted by Gasteiger charge is -2.14. The Morgan fingerprint density at radius 2 is 2.32 bits per heavy atom. The number of methoxy groups -OCH3 is 1. The van der Waals surface area contributed by atoms with Crippen LogP contribution in [0.3, 0.4) is 0 Å². The summed E-state index contributed by atoms with van der Waals surface area (Å²) in [6, 6.07) is 0. The molecule has 2 N–H and O–H groups in total. The quantitative estimate of drug-likeness (QED) is 0.856. The van der Waals surface area contributed by atoms with Crippen LogP contribution in [-0.4, -0.2) is 46.4 Å². The van der Waals surface area contributed by atoms with Crippen LogP contribution in [0.1, 0.15) is 43.8 Å². The summed E-state index contributed by atoms with van der Waals surface area (Å²) >= 11 is 0. The highest BCUT2D eigenvalue weighted by Gasteiger charge is 2.28. The van der Waals surface area contributed by atoms with Gasteiger partial charge in [0.05, 0.1) is 6.20 Å². The molecule has 2 aromatic rings. The van der Waals surface area contributed by atoms with E-state index in [2.05, 4.69) is 34.2 Å². The normalized spacial score (nSPS) is 23.2. The molecule has 2 aromatic heterocycles. The number of ether oxygens (including phenoxy) is 1. The highest BCUT2D eigenvalue weighted by Crippen LogP contribution is 2.25. The molecule has 7 heteroatoms. The van der Waals surface area contributed by atoms with Crippen molar-refractivity contribution in [2.75, 3.05) is 26.8 Å². The molecule has 0 saturated carbocycles. The van der Waals surface area contributed by atoms with Gasteiger partial charge in [-0.15, -0.1) is 0 Å². The van der Waals surface area contributed by atoms with Gasteiger partial charge in [0.15, 0.2) is 5.52 Å². The fourth-order valence-electron chi connectivity index (χ4n) is 3.04. The third-order valence-electron chi connectivity index (χ3n) is 4.51. The van der Waals surface area contributed by atoms with Gasteiger partial charge in [-0.3, -0.25) is 4.79 Å².